The Labute approximate surface area is 179 Å². The molecule has 8 heteroatoms. The van der Waals surface area contributed by atoms with Gasteiger partial charge in [-0.15, -0.1) is 11.3 Å². The number of carbonyl (C=O) groups is 2. The van der Waals surface area contributed by atoms with Crippen LogP contribution in [0.4, 0.5) is 10.8 Å². The van der Waals surface area contributed by atoms with Gasteiger partial charge in [0.05, 0.1) is 12.3 Å². The molecule has 0 radical (unpaired) electrons. The minimum Gasteiger partial charge on any atom is -0.459 e. The highest BCUT2D eigenvalue weighted by atomic mass is 32.1. The lowest BCUT2D eigenvalue weighted by atomic mass is 9.78. The predicted octanol–water partition coefficient (Wildman–Crippen LogP) is 4.17. The van der Waals surface area contributed by atoms with Crippen LogP contribution in [0.2, 0.25) is 0 Å². The van der Waals surface area contributed by atoms with Crippen molar-refractivity contribution in [2.75, 3.05) is 18.5 Å². The number of nitrogens with one attached hydrogen (secondary N) is 1. The van der Waals surface area contributed by atoms with Crippen LogP contribution < -0.4 is 5.32 Å². The number of hydrogen-bond donors (Lipinski definition) is 1. The van der Waals surface area contributed by atoms with Crippen molar-refractivity contribution in [2.45, 2.75) is 51.2 Å². The molecule has 3 atom stereocenters. The molecular weight excluding hydrogens is 404 g/mol. The van der Waals surface area contributed by atoms with Gasteiger partial charge in [0.25, 0.3) is 0 Å². The van der Waals surface area contributed by atoms with Crippen LogP contribution in [0.25, 0.3) is 0 Å². The SMILES string of the molecule is CCCCOC[C@@H]1C[C@@]2(C[C@@](C)(c3csc(Nc4ccccc4)n3)OC2=O)C(=O)O1. The Morgan fingerprint density at radius 2 is 2.07 bits per heavy atom. The zero-order valence-electron chi connectivity index (χ0n) is 17.2. The van der Waals surface area contributed by atoms with Crippen LogP contribution in [0.15, 0.2) is 35.7 Å². The molecule has 160 valence electrons. The number of unbranched alkanes of at least 4 members (excludes halogenated alkanes) is 1. The van der Waals surface area contributed by atoms with Crippen molar-refractivity contribution in [3.8, 4) is 0 Å². The van der Waals surface area contributed by atoms with E-state index in [1.807, 2.05) is 35.7 Å². The first kappa shape index (κ1) is 20.8. The fourth-order valence-electron chi connectivity index (χ4n) is 3.99. The van der Waals surface area contributed by atoms with Crippen molar-refractivity contribution >= 4 is 34.1 Å². The predicted molar refractivity (Wildman–Crippen MR) is 113 cm³/mol. The lowest BCUT2D eigenvalue weighted by Gasteiger charge is -2.20. The first-order valence-corrected chi connectivity index (χ1v) is 11.1. The van der Waals surface area contributed by atoms with Gasteiger partial charge in [-0.1, -0.05) is 31.5 Å². The van der Waals surface area contributed by atoms with Crippen molar-refractivity contribution in [3.63, 3.8) is 0 Å². The standard InChI is InChI=1S/C22H26N2O5S/c1-3-4-10-27-12-16-11-22(18(25)28-16)14-21(2,29-19(22)26)17-13-30-20(24-17)23-15-8-6-5-7-9-15/h5-9,13,16H,3-4,10-12,14H2,1-2H3,(H,23,24)/t16-,21-,22+/m0/s1. The monoisotopic (exact) mass is 430 g/mol. The van der Waals surface area contributed by atoms with Crippen molar-refractivity contribution in [1.82, 2.24) is 4.98 Å². The van der Waals surface area contributed by atoms with E-state index in [1.165, 1.54) is 11.3 Å². The largest absolute Gasteiger partial charge is 0.459 e. The summed E-state index contributed by atoms with van der Waals surface area (Å²) in [4.78, 5) is 30.1. The number of anilines is 2. The maximum atomic E-state index is 12.8. The molecule has 1 N–H and O–H groups in total. The maximum absolute atomic E-state index is 12.8. The van der Waals surface area contributed by atoms with Crippen molar-refractivity contribution in [3.05, 3.63) is 41.4 Å². The number of carbonyl (C=O) groups excluding carboxylic acids is 2. The van der Waals surface area contributed by atoms with E-state index in [0.717, 1.165) is 18.5 Å². The van der Waals surface area contributed by atoms with Crippen LogP contribution in [-0.2, 0) is 29.4 Å². The van der Waals surface area contributed by atoms with Crippen LogP contribution >= 0.6 is 11.3 Å². The van der Waals surface area contributed by atoms with Gasteiger partial charge in [-0.2, -0.15) is 0 Å². The summed E-state index contributed by atoms with van der Waals surface area (Å²) in [5.74, 6) is -1.05. The number of thiazole rings is 1. The topological polar surface area (TPSA) is 86.8 Å². The van der Waals surface area contributed by atoms with Gasteiger partial charge in [-0.25, -0.2) is 4.98 Å². The molecule has 2 aromatic rings. The highest BCUT2D eigenvalue weighted by Crippen LogP contribution is 2.52. The molecule has 0 amide bonds. The summed E-state index contributed by atoms with van der Waals surface area (Å²) in [5, 5.41) is 5.81. The van der Waals surface area contributed by atoms with Crippen LogP contribution in [0.3, 0.4) is 0 Å². The Hall–Kier alpha value is -2.45. The summed E-state index contributed by atoms with van der Waals surface area (Å²) < 4.78 is 16.8. The fourth-order valence-corrected chi connectivity index (χ4v) is 4.84. The van der Waals surface area contributed by atoms with Gasteiger partial charge in [-0.3, -0.25) is 9.59 Å². The third kappa shape index (κ3) is 3.94. The molecule has 2 aliphatic heterocycles. The molecular formula is C22H26N2O5S. The third-order valence-electron chi connectivity index (χ3n) is 5.61. The number of rotatable bonds is 8. The summed E-state index contributed by atoms with van der Waals surface area (Å²) in [6.07, 6.45) is 2.07. The number of cyclic esters (lactones) is 2. The minimum atomic E-state index is -1.27. The van der Waals surface area contributed by atoms with E-state index in [9.17, 15) is 9.59 Å². The quantitative estimate of drug-likeness (QED) is 0.382. The molecule has 1 spiro atoms. The summed E-state index contributed by atoms with van der Waals surface area (Å²) >= 11 is 1.43. The number of nitrogens with zero attached hydrogens (tertiary/aromatic N) is 1. The second-order valence-corrected chi connectivity index (χ2v) is 8.93. The van der Waals surface area contributed by atoms with Gasteiger partial charge in [0.1, 0.15) is 6.10 Å². The molecule has 2 fully saturated rings. The van der Waals surface area contributed by atoms with Gasteiger partial charge >= 0.3 is 11.9 Å². The number of aromatic nitrogens is 1. The van der Waals surface area contributed by atoms with E-state index in [1.54, 1.807) is 6.92 Å². The summed E-state index contributed by atoms with van der Waals surface area (Å²) in [6.45, 7) is 4.82. The minimum absolute atomic E-state index is 0.220. The van der Waals surface area contributed by atoms with E-state index in [0.29, 0.717) is 24.0 Å². The van der Waals surface area contributed by atoms with Gasteiger partial charge in [-0.05, 0) is 25.5 Å². The number of para-hydroxylation sites is 1. The molecule has 0 unspecified atom stereocenters. The Balaban J connectivity index is 1.45. The molecule has 0 bridgehead atoms. The van der Waals surface area contributed by atoms with Gasteiger partial charge in [0, 0.05) is 30.5 Å². The van der Waals surface area contributed by atoms with Crippen molar-refractivity contribution in [2.24, 2.45) is 5.41 Å². The Morgan fingerprint density at radius 1 is 1.27 bits per heavy atom. The fraction of sp³-hybridized carbons (Fsp3) is 0.500. The molecule has 7 nitrogen and oxygen atoms in total. The molecule has 4 rings (SSSR count). The van der Waals surface area contributed by atoms with Crippen LogP contribution in [0.5, 0.6) is 0 Å². The van der Waals surface area contributed by atoms with Crippen LogP contribution in [0, 0.1) is 5.41 Å². The molecule has 0 aliphatic carbocycles. The maximum Gasteiger partial charge on any atom is 0.324 e. The normalized spacial score (nSPS) is 28.0. The Morgan fingerprint density at radius 3 is 2.83 bits per heavy atom. The van der Waals surface area contributed by atoms with E-state index in [-0.39, 0.29) is 12.8 Å². The zero-order chi connectivity index (χ0) is 21.2. The highest BCUT2D eigenvalue weighted by Gasteiger charge is 2.65. The molecule has 3 heterocycles. The molecule has 2 saturated heterocycles. The van der Waals surface area contributed by atoms with Gasteiger partial charge < -0.3 is 19.5 Å². The number of esters is 2. The van der Waals surface area contributed by atoms with Crippen molar-refractivity contribution < 1.29 is 23.8 Å². The number of hydrogen-bond acceptors (Lipinski definition) is 8. The summed E-state index contributed by atoms with van der Waals surface area (Å²) in [6, 6.07) is 9.72. The van der Waals surface area contributed by atoms with E-state index < -0.39 is 29.1 Å². The van der Waals surface area contributed by atoms with E-state index >= 15 is 0 Å². The zero-order valence-corrected chi connectivity index (χ0v) is 18.0. The molecule has 1 aromatic heterocycles. The van der Waals surface area contributed by atoms with Gasteiger partial charge in [0.15, 0.2) is 16.1 Å². The van der Waals surface area contributed by atoms with E-state index in [2.05, 4.69) is 17.2 Å². The lowest BCUT2D eigenvalue weighted by molar-refractivity contribution is -0.160. The molecule has 1 aromatic carbocycles. The smallest absolute Gasteiger partial charge is 0.324 e. The van der Waals surface area contributed by atoms with E-state index in [4.69, 9.17) is 14.2 Å². The van der Waals surface area contributed by atoms with Gasteiger partial charge in [0.2, 0.25) is 0 Å². The average molecular weight is 431 g/mol. The molecule has 0 saturated carbocycles. The van der Waals surface area contributed by atoms with Crippen LogP contribution in [-0.4, -0.2) is 36.2 Å². The second-order valence-electron chi connectivity index (χ2n) is 8.07. The first-order valence-electron chi connectivity index (χ1n) is 10.3. The Bertz CT molecular complexity index is 917. The average Bonchev–Trinajstić information content (AvgIpc) is 3.38. The number of ether oxygens (including phenoxy) is 3. The molecule has 30 heavy (non-hydrogen) atoms. The number of benzene rings is 1. The second kappa shape index (κ2) is 8.35. The van der Waals surface area contributed by atoms with Crippen molar-refractivity contribution in [1.29, 1.82) is 0 Å². The summed E-state index contributed by atoms with van der Waals surface area (Å²) in [7, 11) is 0. The molecule has 2 aliphatic rings. The Kier molecular flexibility index (Phi) is 5.79. The lowest BCUT2D eigenvalue weighted by Crippen LogP contribution is -2.32. The summed E-state index contributed by atoms with van der Waals surface area (Å²) in [5.41, 5.74) is -0.689. The third-order valence-corrected chi connectivity index (χ3v) is 6.36. The highest BCUT2D eigenvalue weighted by molar-refractivity contribution is 7.13. The first-order chi connectivity index (χ1) is 14.4. The van der Waals surface area contributed by atoms with Crippen LogP contribution in [0.1, 0.15) is 45.2 Å².